The van der Waals surface area contributed by atoms with Gasteiger partial charge in [-0.15, -0.1) is 11.3 Å². The van der Waals surface area contributed by atoms with Crippen molar-refractivity contribution in [3.63, 3.8) is 0 Å². The van der Waals surface area contributed by atoms with Crippen molar-refractivity contribution in [3.05, 3.63) is 114 Å². The van der Waals surface area contributed by atoms with Crippen molar-refractivity contribution in [1.29, 1.82) is 0 Å². The Morgan fingerprint density at radius 3 is 1.61 bits per heavy atom. The molecule has 0 amide bonds. The molecule has 264 valence electrons. The Morgan fingerprint density at radius 2 is 1.16 bits per heavy atom. The van der Waals surface area contributed by atoms with E-state index in [4.69, 9.17) is 8.83 Å². The van der Waals surface area contributed by atoms with E-state index in [0.29, 0.717) is 44.2 Å². The largest absolute Gasteiger partial charge is 0.508 e. The van der Waals surface area contributed by atoms with E-state index < -0.39 is 0 Å². The van der Waals surface area contributed by atoms with Crippen LogP contribution in [0.4, 0.5) is 10.9 Å². The van der Waals surface area contributed by atoms with E-state index in [0.717, 1.165) is 74.3 Å². The van der Waals surface area contributed by atoms with Gasteiger partial charge in [0.2, 0.25) is 0 Å². The van der Waals surface area contributed by atoms with Crippen LogP contribution in [0.1, 0.15) is 71.3 Å². The van der Waals surface area contributed by atoms with E-state index in [2.05, 4.69) is 19.8 Å². The van der Waals surface area contributed by atoms with E-state index in [1.165, 1.54) is 0 Å². The fourth-order valence-corrected chi connectivity index (χ4v) is 8.08. The van der Waals surface area contributed by atoms with Gasteiger partial charge in [0.15, 0.2) is 16.0 Å². The van der Waals surface area contributed by atoms with Crippen molar-refractivity contribution in [2.45, 2.75) is 65.2 Å². The molecule has 0 aliphatic carbocycles. The topological polar surface area (TPSA) is 133 Å². The average Bonchev–Trinajstić information content (AvgIpc) is 3.71. The van der Waals surface area contributed by atoms with Crippen LogP contribution in [0.3, 0.4) is 0 Å². The van der Waals surface area contributed by atoms with E-state index in [1.807, 2.05) is 49.8 Å². The van der Waals surface area contributed by atoms with E-state index >= 15 is 0 Å². The summed E-state index contributed by atoms with van der Waals surface area (Å²) >= 11 is 1.65. The monoisotopic (exact) mass is 706 g/mol. The number of benzene rings is 2. The number of fused-ring (bicyclic) bond motifs is 2. The summed E-state index contributed by atoms with van der Waals surface area (Å²) in [7, 11) is 0. The highest BCUT2D eigenvalue weighted by molar-refractivity contribution is 7.13. The SMILES string of the molecule is Cc1c(C2CCN(c3ccccn3)CC2)oc2c(C)c(O)ccc2c1=O.Cc1c(C2CCN(c3nccs3)CC2)oc2c(C)c(O)ccc2c1=O. The summed E-state index contributed by atoms with van der Waals surface area (Å²) < 4.78 is 12.3. The van der Waals surface area contributed by atoms with Gasteiger partial charge in [-0.1, -0.05) is 6.07 Å². The first-order valence-corrected chi connectivity index (χ1v) is 18.3. The molecule has 0 radical (unpaired) electrons. The van der Waals surface area contributed by atoms with Crippen LogP contribution >= 0.6 is 11.3 Å². The van der Waals surface area contributed by atoms with Crippen molar-refractivity contribution in [3.8, 4) is 11.5 Å². The molecule has 0 unspecified atom stereocenters. The number of nitrogens with zero attached hydrogens (tertiary/aromatic N) is 4. The van der Waals surface area contributed by atoms with Gasteiger partial charge >= 0.3 is 0 Å². The molecule has 6 heterocycles. The Labute approximate surface area is 299 Å². The Balaban J connectivity index is 0.000000159. The van der Waals surface area contributed by atoms with Crippen LogP contribution < -0.4 is 20.7 Å². The molecule has 2 fully saturated rings. The minimum Gasteiger partial charge on any atom is -0.508 e. The molecule has 2 aliphatic heterocycles. The van der Waals surface area contributed by atoms with Gasteiger partial charge < -0.3 is 28.8 Å². The van der Waals surface area contributed by atoms with E-state index in [1.54, 1.807) is 49.4 Å². The first kappa shape index (κ1) is 34.3. The van der Waals surface area contributed by atoms with Crippen LogP contribution in [-0.4, -0.2) is 46.4 Å². The maximum absolute atomic E-state index is 12.8. The first-order chi connectivity index (χ1) is 24.6. The summed E-state index contributed by atoms with van der Waals surface area (Å²) in [5.41, 5.74) is 3.61. The Bertz CT molecular complexity index is 2300. The predicted molar refractivity (Wildman–Crippen MR) is 202 cm³/mol. The molecule has 0 atom stereocenters. The number of aromatic nitrogens is 2. The highest BCUT2D eigenvalue weighted by Crippen LogP contribution is 2.36. The molecule has 0 bridgehead atoms. The van der Waals surface area contributed by atoms with Gasteiger partial charge in [0.05, 0.1) is 10.8 Å². The number of phenols is 2. The minimum absolute atomic E-state index is 0.00158. The highest BCUT2D eigenvalue weighted by atomic mass is 32.1. The first-order valence-electron chi connectivity index (χ1n) is 17.4. The smallest absolute Gasteiger partial charge is 0.195 e. The van der Waals surface area contributed by atoms with Gasteiger partial charge in [-0.25, -0.2) is 9.97 Å². The van der Waals surface area contributed by atoms with Crippen molar-refractivity contribution >= 4 is 44.2 Å². The second-order valence-electron chi connectivity index (χ2n) is 13.5. The van der Waals surface area contributed by atoms with Crippen molar-refractivity contribution in [2.75, 3.05) is 36.0 Å². The lowest BCUT2D eigenvalue weighted by Crippen LogP contribution is -2.34. The summed E-state index contributed by atoms with van der Waals surface area (Å²) in [4.78, 5) is 38.9. The van der Waals surface area contributed by atoms with E-state index in [9.17, 15) is 19.8 Å². The van der Waals surface area contributed by atoms with Crippen molar-refractivity contribution < 1.29 is 19.0 Å². The van der Waals surface area contributed by atoms with Gasteiger partial charge in [0.25, 0.3) is 0 Å². The van der Waals surface area contributed by atoms with Crippen LogP contribution in [0.25, 0.3) is 21.9 Å². The quantitative estimate of drug-likeness (QED) is 0.187. The molecule has 2 aromatic carbocycles. The zero-order valence-corrected chi connectivity index (χ0v) is 30.1. The second-order valence-corrected chi connectivity index (χ2v) is 14.4. The van der Waals surface area contributed by atoms with Crippen LogP contribution in [0, 0.1) is 27.7 Å². The number of thiazole rings is 1. The number of hydrogen-bond donors (Lipinski definition) is 2. The molecular formula is C40H42N4O6S. The molecule has 0 saturated carbocycles. The highest BCUT2D eigenvalue weighted by Gasteiger charge is 2.28. The second kappa shape index (κ2) is 14.2. The molecule has 2 N–H and O–H groups in total. The number of pyridine rings is 1. The number of piperidine rings is 2. The third-order valence-electron chi connectivity index (χ3n) is 10.5. The summed E-state index contributed by atoms with van der Waals surface area (Å²) in [5.74, 6) is 3.25. The molecular weight excluding hydrogens is 665 g/mol. The Hall–Kier alpha value is -5.16. The predicted octanol–water partition coefficient (Wildman–Crippen LogP) is 7.85. The molecule has 0 spiro atoms. The lowest BCUT2D eigenvalue weighted by Gasteiger charge is -2.32. The number of aryl methyl sites for hydroxylation is 2. The zero-order chi connectivity index (χ0) is 35.8. The molecule has 2 saturated heterocycles. The van der Waals surface area contributed by atoms with Gasteiger partial charge in [-0.3, -0.25) is 9.59 Å². The summed E-state index contributed by atoms with van der Waals surface area (Å²) in [5, 5.41) is 24.0. The van der Waals surface area contributed by atoms with Crippen LogP contribution in [0.2, 0.25) is 0 Å². The lowest BCUT2D eigenvalue weighted by molar-refractivity contribution is 0.408. The maximum atomic E-state index is 12.8. The third kappa shape index (κ3) is 6.58. The number of hydrogen-bond acceptors (Lipinski definition) is 11. The van der Waals surface area contributed by atoms with Gasteiger partial charge in [0.1, 0.15) is 40.0 Å². The van der Waals surface area contributed by atoms with Crippen LogP contribution in [0.15, 0.2) is 78.7 Å². The summed E-state index contributed by atoms with van der Waals surface area (Å²) in [6.07, 6.45) is 7.30. The lowest BCUT2D eigenvalue weighted by atomic mass is 9.91. The average molecular weight is 707 g/mol. The zero-order valence-electron chi connectivity index (χ0n) is 29.3. The van der Waals surface area contributed by atoms with Crippen LogP contribution in [-0.2, 0) is 0 Å². The third-order valence-corrected chi connectivity index (χ3v) is 11.3. The minimum atomic E-state index is -0.00324. The van der Waals surface area contributed by atoms with Crippen molar-refractivity contribution in [1.82, 2.24) is 9.97 Å². The molecule has 4 aromatic heterocycles. The fourth-order valence-electron chi connectivity index (χ4n) is 7.38. The number of anilines is 2. The van der Waals surface area contributed by atoms with Gasteiger partial charge in [0, 0.05) is 78.0 Å². The number of phenolic OH excluding ortho intramolecular Hbond substituents is 2. The molecule has 2 aliphatic rings. The molecule has 51 heavy (non-hydrogen) atoms. The molecule has 8 rings (SSSR count). The standard InChI is InChI=1S/C21H22N2O3.C19H20N2O3S/c1-13-17(24)7-6-16-19(25)14(2)20(26-21(13)16)15-8-11-23(12-9-15)18-5-3-4-10-22-18;1-11-15(22)4-3-14-16(23)12(2)17(24-18(11)14)13-5-8-21(9-6-13)19-20-7-10-25-19/h3-7,10,15,24H,8-9,11-12H2,1-2H3;3-4,7,10,13,22H,5-6,8-9H2,1-2H3. The summed E-state index contributed by atoms with van der Waals surface area (Å²) in [6, 6.07) is 12.3. The Morgan fingerprint density at radius 1 is 0.647 bits per heavy atom. The van der Waals surface area contributed by atoms with Gasteiger partial charge in [-0.2, -0.15) is 0 Å². The normalized spacial score (nSPS) is 15.7. The van der Waals surface area contributed by atoms with Crippen LogP contribution in [0.5, 0.6) is 11.5 Å². The molecule has 11 heteroatoms. The maximum Gasteiger partial charge on any atom is 0.195 e. The van der Waals surface area contributed by atoms with Gasteiger partial charge in [-0.05, 0) is 89.8 Å². The summed E-state index contributed by atoms with van der Waals surface area (Å²) in [6.45, 7) is 10.8. The number of rotatable bonds is 4. The molecule has 10 nitrogen and oxygen atoms in total. The fraction of sp³-hybridized carbons (Fsp3) is 0.350. The molecule has 6 aromatic rings. The Kier molecular flexibility index (Phi) is 9.56. The number of aromatic hydroxyl groups is 2. The van der Waals surface area contributed by atoms with E-state index in [-0.39, 0.29) is 34.2 Å². The van der Waals surface area contributed by atoms with Crippen molar-refractivity contribution in [2.24, 2.45) is 0 Å².